The van der Waals surface area contributed by atoms with Gasteiger partial charge in [-0.15, -0.1) is 0 Å². The van der Waals surface area contributed by atoms with E-state index in [2.05, 4.69) is 21.9 Å². The van der Waals surface area contributed by atoms with Crippen molar-refractivity contribution >= 4 is 11.6 Å². The first kappa shape index (κ1) is 22.4. The van der Waals surface area contributed by atoms with Crippen LogP contribution in [0.3, 0.4) is 0 Å². The van der Waals surface area contributed by atoms with Crippen molar-refractivity contribution in [1.82, 2.24) is 14.8 Å². The molecule has 2 heterocycles. The van der Waals surface area contributed by atoms with Crippen LogP contribution >= 0.6 is 0 Å². The molecule has 0 spiro atoms. The van der Waals surface area contributed by atoms with Gasteiger partial charge in [0, 0.05) is 23.6 Å². The van der Waals surface area contributed by atoms with Gasteiger partial charge >= 0.3 is 0 Å². The van der Waals surface area contributed by atoms with Crippen molar-refractivity contribution in [2.75, 3.05) is 40.8 Å². The average molecular weight is 439 g/mol. The van der Waals surface area contributed by atoms with Gasteiger partial charge in [0.1, 0.15) is 11.6 Å². The molecule has 0 saturated carbocycles. The van der Waals surface area contributed by atoms with Gasteiger partial charge in [-0.3, -0.25) is 9.69 Å². The summed E-state index contributed by atoms with van der Waals surface area (Å²) < 4.78 is 20.0. The molecule has 0 aromatic heterocycles. The number of methoxy groups -OCH3 is 1. The lowest BCUT2D eigenvalue weighted by atomic mass is 9.98. The van der Waals surface area contributed by atoms with Crippen LogP contribution < -0.4 is 4.74 Å². The first-order valence-electron chi connectivity index (χ1n) is 11.1. The van der Waals surface area contributed by atoms with Crippen LogP contribution in [0.15, 0.2) is 53.6 Å². The van der Waals surface area contributed by atoms with Crippen LogP contribution in [0.5, 0.6) is 5.75 Å². The second-order valence-electron chi connectivity index (χ2n) is 8.71. The van der Waals surface area contributed by atoms with Crippen molar-refractivity contribution in [1.29, 1.82) is 0 Å². The van der Waals surface area contributed by atoms with Crippen molar-refractivity contribution in [3.05, 3.63) is 65.5 Å². The SMILES string of the molecule is COc1cccc(C2=NN(C(=O)CN(C)C3CCN(C)CC3)C(c3ccccc3F)C2)c1. The van der Waals surface area contributed by atoms with E-state index in [0.29, 0.717) is 18.0 Å². The molecule has 4 rings (SSSR count). The van der Waals surface area contributed by atoms with Gasteiger partial charge < -0.3 is 9.64 Å². The van der Waals surface area contributed by atoms with Gasteiger partial charge in [0.2, 0.25) is 0 Å². The summed E-state index contributed by atoms with van der Waals surface area (Å²) in [6, 6.07) is 14.2. The summed E-state index contributed by atoms with van der Waals surface area (Å²) in [5.41, 5.74) is 2.13. The third kappa shape index (κ3) is 4.84. The largest absolute Gasteiger partial charge is 0.497 e. The molecule has 7 heteroatoms. The molecule has 1 fully saturated rings. The molecule has 1 unspecified atom stereocenters. The zero-order valence-corrected chi connectivity index (χ0v) is 19.0. The minimum absolute atomic E-state index is 0.113. The number of halogens is 1. The lowest BCUT2D eigenvalue weighted by Crippen LogP contribution is -2.46. The Morgan fingerprint density at radius 2 is 1.94 bits per heavy atom. The molecule has 32 heavy (non-hydrogen) atoms. The number of piperidine rings is 1. The van der Waals surface area contributed by atoms with Gasteiger partial charge in [-0.2, -0.15) is 5.10 Å². The number of nitrogens with zero attached hydrogens (tertiary/aromatic N) is 4. The second-order valence-corrected chi connectivity index (χ2v) is 8.71. The van der Waals surface area contributed by atoms with E-state index in [1.807, 2.05) is 31.3 Å². The minimum atomic E-state index is -0.462. The summed E-state index contributed by atoms with van der Waals surface area (Å²) in [5.74, 6) is 0.290. The fourth-order valence-corrected chi connectivity index (χ4v) is 4.56. The van der Waals surface area contributed by atoms with Gasteiger partial charge in [-0.1, -0.05) is 30.3 Å². The maximum absolute atomic E-state index is 14.7. The van der Waals surface area contributed by atoms with E-state index in [1.165, 1.54) is 11.1 Å². The molecule has 1 atom stereocenters. The molecular formula is C25H31FN4O2. The van der Waals surface area contributed by atoms with Gasteiger partial charge in [0.05, 0.1) is 25.4 Å². The standard InChI is InChI=1S/C25H31FN4O2/c1-28-13-11-19(12-14-28)29(2)17-25(31)30-24(21-9-4-5-10-22(21)26)16-23(27-30)18-7-6-8-20(15-18)32-3/h4-10,15,19,24H,11-14,16-17H2,1-3H3. The van der Waals surface area contributed by atoms with Crippen molar-refractivity contribution in [2.24, 2.45) is 5.10 Å². The highest BCUT2D eigenvalue weighted by Crippen LogP contribution is 2.35. The number of hydrogen-bond donors (Lipinski definition) is 0. The van der Waals surface area contributed by atoms with Gasteiger partial charge in [0.15, 0.2) is 0 Å². The van der Waals surface area contributed by atoms with Crippen LogP contribution in [0.1, 0.15) is 36.4 Å². The predicted molar refractivity (Wildman–Crippen MR) is 123 cm³/mol. The Labute approximate surface area is 189 Å². The van der Waals surface area contributed by atoms with Crippen LogP contribution in [0.2, 0.25) is 0 Å². The molecule has 0 N–H and O–H groups in total. The van der Waals surface area contributed by atoms with Crippen LogP contribution in [-0.4, -0.2) is 73.3 Å². The number of benzene rings is 2. The highest BCUT2D eigenvalue weighted by Gasteiger charge is 2.35. The molecule has 6 nitrogen and oxygen atoms in total. The van der Waals surface area contributed by atoms with Crippen molar-refractivity contribution in [3.8, 4) is 5.75 Å². The molecule has 170 valence electrons. The first-order chi connectivity index (χ1) is 15.5. The molecule has 0 bridgehead atoms. The first-order valence-corrected chi connectivity index (χ1v) is 11.1. The van der Waals surface area contributed by atoms with E-state index in [-0.39, 0.29) is 18.3 Å². The number of likely N-dealkylation sites (tertiary alicyclic amines) is 1. The number of carbonyl (C=O) groups excluding carboxylic acids is 1. The molecule has 0 radical (unpaired) electrons. The maximum atomic E-state index is 14.7. The number of likely N-dealkylation sites (N-methyl/N-ethyl adjacent to an activating group) is 1. The highest BCUT2D eigenvalue weighted by molar-refractivity contribution is 6.03. The van der Waals surface area contributed by atoms with Gasteiger partial charge in [-0.05, 0) is 58.2 Å². The fourth-order valence-electron chi connectivity index (χ4n) is 4.56. The summed E-state index contributed by atoms with van der Waals surface area (Å²) in [6.45, 7) is 2.32. The van der Waals surface area contributed by atoms with Gasteiger partial charge in [-0.25, -0.2) is 9.40 Å². The van der Waals surface area contributed by atoms with E-state index < -0.39 is 6.04 Å². The molecule has 2 aliphatic heterocycles. The average Bonchev–Trinajstić information content (AvgIpc) is 3.25. The monoisotopic (exact) mass is 438 g/mol. The zero-order chi connectivity index (χ0) is 22.7. The Bertz CT molecular complexity index is 987. The topological polar surface area (TPSA) is 48.4 Å². The lowest BCUT2D eigenvalue weighted by Gasteiger charge is -2.35. The lowest BCUT2D eigenvalue weighted by molar-refractivity contribution is -0.134. The molecule has 2 aliphatic rings. The number of rotatable bonds is 6. The number of carbonyl (C=O) groups is 1. The van der Waals surface area contributed by atoms with Crippen molar-refractivity contribution in [3.63, 3.8) is 0 Å². The van der Waals surface area contributed by atoms with E-state index >= 15 is 0 Å². The number of hydrogen-bond acceptors (Lipinski definition) is 5. The molecular weight excluding hydrogens is 407 g/mol. The fraction of sp³-hybridized carbons (Fsp3) is 0.440. The van der Waals surface area contributed by atoms with Crippen LogP contribution in [0, 0.1) is 5.82 Å². The van der Waals surface area contributed by atoms with E-state index in [0.717, 1.165) is 43.0 Å². The molecule has 0 aliphatic carbocycles. The second kappa shape index (κ2) is 9.79. The Morgan fingerprint density at radius 1 is 1.19 bits per heavy atom. The van der Waals surface area contributed by atoms with Gasteiger partial charge in [0.25, 0.3) is 5.91 Å². The summed E-state index contributed by atoms with van der Waals surface area (Å²) >= 11 is 0. The Kier molecular flexibility index (Phi) is 6.86. The molecule has 2 aromatic rings. The van der Waals surface area contributed by atoms with Crippen LogP contribution in [0.4, 0.5) is 4.39 Å². The van der Waals surface area contributed by atoms with E-state index in [1.54, 1.807) is 25.3 Å². The van der Waals surface area contributed by atoms with E-state index in [9.17, 15) is 9.18 Å². The number of hydrazone groups is 1. The van der Waals surface area contributed by atoms with Crippen molar-refractivity contribution in [2.45, 2.75) is 31.3 Å². The third-order valence-corrected chi connectivity index (χ3v) is 6.53. The van der Waals surface area contributed by atoms with Crippen molar-refractivity contribution < 1.29 is 13.9 Å². The highest BCUT2D eigenvalue weighted by atomic mass is 19.1. The summed E-state index contributed by atoms with van der Waals surface area (Å²) in [4.78, 5) is 17.8. The Hall–Kier alpha value is -2.77. The summed E-state index contributed by atoms with van der Waals surface area (Å²) in [6.07, 6.45) is 2.53. The molecule has 1 saturated heterocycles. The Balaban J connectivity index is 1.58. The van der Waals surface area contributed by atoms with E-state index in [4.69, 9.17) is 4.74 Å². The third-order valence-electron chi connectivity index (χ3n) is 6.53. The van der Waals surface area contributed by atoms with Crippen LogP contribution in [0.25, 0.3) is 0 Å². The maximum Gasteiger partial charge on any atom is 0.257 e. The minimum Gasteiger partial charge on any atom is -0.497 e. The predicted octanol–water partition coefficient (Wildman–Crippen LogP) is 3.54. The number of amides is 1. The van der Waals surface area contributed by atoms with Crippen LogP contribution in [-0.2, 0) is 4.79 Å². The number of ether oxygens (including phenoxy) is 1. The normalized spacial score (nSPS) is 20.0. The summed E-state index contributed by atoms with van der Waals surface area (Å²) in [5, 5.41) is 6.17. The Morgan fingerprint density at radius 3 is 2.66 bits per heavy atom. The smallest absolute Gasteiger partial charge is 0.257 e. The quantitative estimate of drug-likeness (QED) is 0.692. The molecule has 1 amide bonds. The summed E-state index contributed by atoms with van der Waals surface area (Å²) in [7, 11) is 5.74. The molecule has 2 aromatic carbocycles. The zero-order valence-electron chi connectivity index (χ0n) is 19.0.